The highest BCUT2D eigenvalue weighted by atomic mass is 16.5. The molecule has 2 saturated heterocycles. The zero-order chi connectivity index (χ0) is 22.0. The Balaban J connectivity index is 1.48. The molecule has 0 radical (unpaired) electrons. The van der Waals surface area contributed by atoms with E-state index in [-0.39, 0.29) is 23.7 Å². The molecule has 2 amide bonds. The number of hydrogen-bond acceptors (Lipinski definition) is 4. The lowest BCUT2D eigenvalue weighted by Gasteiger charge is -2.36. The molecule has 0 bridgehead atoms. The van der Waals surface area contributed by atoms with Crippen molar-refractivity contribution in [1.29, 1.82) is 0 Å². The van der Waals surface area contributed by atoms with E-state index in [1.165, 1.54) is 0 Å². The number of benzene rings is 2. The second kappa shape index (κ2) is 9.02. The van der Waals surface area contributed by atoms with Crippen LogP contribution in [0.4, 0.5) is 0 Å². The highest BCUT2D eigenvalue weighted by Gasteiger charge is 2.32. The van der Waals surface area contributed by atoms with Gasteiger partial charge in [-0.25, -0.2) is 0 Å². The number of ether oxygens (including phenoxy) is 1. The monoisotopic (exact) mass is 420 g/mol. The van der Waals surface area contributed by atoms with Crippen molar-refractivity contribution >= 4 is 17.6 Å². The maximum atomic E-state index is 13.3. The first-order valence-corrected chi connectivity index (χ1v) is 10.9. The van der Waals surface area contributed by atoms with Crippen LogP contribution in [0.5, 0.6) is 0 Å². The zero-order valence-electron chi connectivity index (χ0n) is 18.1. The van der Waals surface area contributed by atoms with Crippen molar-refractivity contribution in [1.82, 2.24) is 9.80 Å². The van der Waals surface area contributed by atoms with Crippen LogP contribution in [0.15, 0.2) is 42.5 Å². The normalized spacial score (nSPS) is 18.8. The van der Waals surface area contributed by atoms with Gasteiger partial charge in [0.1, 0.15) is 6.10 Å². The van der Waals surface area contributed by atoms with E-state index in [0.717, 1.165) is 24.0 Å². The van der Waals surface area contributed by atoms with Gasteiger partial charge in [0.2, 0.25) is 0 Å². The van der Waals surface area contributed by atoms with E-state index >= 15 is 0 Å². The summed E-state index contributed by atoms with van der Waals surface area (Å²) in [6, 6.07) is 12.6. The zero-order valence-corrected chi connectivity index (χ0v) is 18.1. The number of amides is 2. The molecule has 2 fully saturated rings. The Bertz CT molecular complexity index is 1000. The van der Waals surface area contributed by atoms with Gasteiger partial charge in [-0.3, -0.25) is 14.4 Å². The Morgan fingerprint density at radius 3 is 2.19 bits per heavy atom. The molecule has 6 heteroatoms. The molecule has 6 nitrogen and oxygen atoms in total. The van der Waals surface area contributed by atoms with Crippen molar-refractivity contribution in [3.8, 4) is 0 Å². The molecule has 4 rings (SSSR count). The number of aryl methyl sites for hydroxylation is 2. The molecule has 1 unspecified atom stereocenters. The highest BCUT2D eigenvalue weighted by Crippen LogP contribution is 2.21. The summed E-state index contributed by atoms with van der Waals surface area (Å²) in [5, 5.41) is 0. The van der Waals surface area contributed by atoms with Crippen molar-refractivity contribution in [2.24, 2.45) is 0 Å². The van der Waals surface area contributed by atoms with Gasteiger partial charge in [0.05, 0.1) is 5.56 Å². The average Bonchev–Trinajstić information content (AvgIpc) is 3.34. The van der Waals surface area contributed by atoms with E-state index in [0.29, 0.717) is 49.5 Å². The van der Waals surface area contributed by atoms with E-state index in [2.05, 4.69) is 0 Å². The number of nitrogens with zero attached hydrogens (tertiary/aromatic N) is 2. The topological polar surface area (TPSA) is 66.9 Å². The molecule has 2 aliphatic rings. The van der Waals surface area contributed by atoms with Gasteiger partial charge < -0.3 is 14.5 Å². The number of rotatable bonds is 4. The second-order valence-corrected chi connectivity index (χ2v) is 8.29. The van der Waals surface area contributed by atoms with Crippen molar-refractivity contribution in [3.05, 3.63) is 70.3 Å². The van der Waals surface area contributed by atoms with Crippen LogP contribution >= 0.6 is 0 Å². The van der Waals surface area contributed by atoms with E-state index in [1.54, 1.807) is 40.1 Å². The lowest BCUT2D eigenvalue weighted by molar-refractivity contribution is -0.142. The summed E-state index contributed by atoms with van der Waals surface area (Å²) >= 11 is 0. The molecular formula is C25H28N2O4. The van der Waals surface area contributed by atoms with E-state index in [4.69, 9.17) is 4.74 Å². The fourth-order valence-corrected chi connectivity index (χ4v) is 4.18. The number of carbonyl (C=O) groups excluding carboxylic acids is 3. The van der Waals surface area contributed by atoms with Crippen LogP contribution in [0.3, 0.4) is 0 Å². The summed E-state index contributed by atoms with van der Waals surface area (Å²) in [6.07, 6.45) is 1.35. The van der Waals surface area contributed by atoms with Crippen LogP contribution in [-0.2, 0) is 9.53 Å². The Morgan fingerprint density at radius 2 is 1.55 bits per heavy atom. The van der Waals surface area contributed by atoms with Crippen LogP contribution < -0.4 is 0 Å². The fraction of sp³-hybridized carbons (Fsp3) is 0.400. The van der Waals surface area contributed by atoms with Crippen molar-refractivity contribution in [2.45, 2.75) is 32.8 Å². The Kier molecular flexibility index (Phi) is 6.18. The minimum Gasteiger partial charge on any atom is -0.368 e. The molecule has 1 atom stereocenters. The van der Waals surface area contributed by atoms with Gasteiger partial charge in [-0.15, -0.1) is 0 Å². The molecular weight excluding hydrogens is 392 g/mol. The van der Waals surface area contributed by atoms with Crippen molar-refractivity contribution < 1.29 is 19.1 Å². The number of piperazine rings is 1. The largest absolute Gasteiger partial charge is 0.368 e. The Hall–Kier alpha value is -2.99. The third-order valence-electron chi connectivity index (χ3n) is 6.25. The first-order valence-electron chi connectivity index (χ1n) is 10.9. The van der Waals surface area contributed by atoms with E-state index in [9.17, 15) is 14.4 Å². The molecule has 0 spiro atoms. The molecule has 2 aliphatic heterocycles. The lowest BCUT2D eigenvalue weighted by atomic mass is 9.95. The number of ketones is 1. The van der Waals surface area contributed by atoms with E-state index < -0.39 is 0 Å². The first-order chi connectivity index (χ1) is 15.0. The van der Waals surface area contributed by atoms with Gasteiger partial charge in [0.25, 0.3) is 11.8 Å². The number of carbonyl (C=O) groups is 3. The van der Waals surface area contributed by atoms with Crippen LogP contribution in [0, 0.1) is 13.8 Å². The molecule has 0 aromatic heterocycles. The summed E-state index contributed by atoms with van der Waals surface area (Å²) in [5.74, 6) is -0.300. The molecule has 2 aromatic rings. The van der Waals surface area contributed by atoms with Gasteiger partial charge in [-0.1, -0.05) is 30.3 Å². The van der Waals surface area contributed by atoms with Gasteiger partial charge in [0.15, 0.2) is 5.78 Å². The molecule has 0 aliphatic carbocycles. The van der Waals surface area contributed by atoms with Gasteiger partial charge in [-0.2, -0.15) is 0 Å². The SMILES string of the molecule is Cc1ccc(C(=O)c2ccccc2C(=O)N2CCN(C(=O)C3CCCO3)CC2)cc1C. The molecule has 2 aromatic carbocycles. The minimum atomic E-state index is -0.335. The summed E-state index contributed by atoms with van der Waals surface area (Å²) in [7, 11) is 0. The third-order valence-corrected chi connectivity index (χ3v) is 6.25. The van der Waals surface area contributed by atoms with Gasteiger partial charge in [0, 0.05) is 43.9 Å². The summed E-state index contributed by atoms with van der Waals surface area (Å²) in [6.45, 7) is 6.48. The predicted molar refractivity (Wildman–Crippen MR) is 117 cm³/mol. The lowest BCUT2D eigenvalue weighted by Crippen LogP contribution is -2.53. The maximum Gasteiger partial charge on any atom is 0.254 e. The quantitative estimate of drug-likeness (QED) is 0.714. The smallest absolute Gasteiger partial charge is 0.254 e. The summed E-state index contributed by atoms with van der Waals surface area (Å²) in [5.41, 5.74) is 3.56. The molecule has 0 saturated carbocycles. The predicted octanol–water partition coefficient (Wildman–Crippen LogP) is 3.00. The molecule has 162 valence electrons. The standard InChI is InChI=1S/C25H28N2O4/c1-17-9-10-19(16-18(17)2)23(28)20-6-3-4-7-21(20)24(29)26-11-13-27(14-12-26)25(30)22-8-5-15-31-22/h3-4,6-7,9-10,16,22H,5,8,11-15H2,1-2H3. The van der Waals surface area contributed by atoms with Gasteiger partial charge in [-0.05, 0) is 49.9 Å². The summed E-state index contributed by atoms with van der Waals surface area (Å²) in [4.78, 5) is 42.5. The fourth-order valence-electron chi connectivity index (χ4n) is 4.18. The summed E-state index contributed by atoms with van der Waals surface area (Å²) < 4.78 is 5.50. The second-order valence-electron chi connectivity index (χ2n) is 8.29. The molecule has 31 heavy (non-hydrogen) atoms. The Morgan fingerprint density at radius 1 is 0.871 bits per heavy atom. The molecule has 0 N–H and O–H groups in total. The molecule has 2 heterocycles. The van der Waals surface area contributed by atoms with Gasteiger partial charge >= 0.3 is 0 Å². The maximum absolute atomic E-state index is 13.3. The average molecular weight is 421 g/mol. The minimum absolute atomic E-state index is 0.0231. The van der Waals surface area contributed by atoms with Crippen LogP contribution in [0.2, 0.25) is 0 Å². The highest BCUT2D eigenvalue weighted by molar-refractivity contribution is 6.15. The van der Waals surface area contributed by atoms with Crippen LogP contribution in [0.1, 0.15) is 50.2 Å². The van der Waals surface area contributed by atoms with Crippen LogP contribution in [-0.4, -0.2) is 66.3 Å². The van der Waals surface area contributed by atoms with Crippen LogP contribution in [0.25, 0.3) is 0 Å². The Labute approximate surface area is 182 Å². The van der Waals surface area contributed by atoms with E-state index in [1.807, 2.05) is 26.0 Å². The van der Waals surface area contributed by atoms with Crippen molar-refractivity contribution in [2.75, 3.05) is 32.8 Å². The first kappa shape index (κ1) is 21.2. The van der Waals surface area contributed by atoms with Crippen molar-refractivity contribution in [3.63, 3.8) is 0 Å². The third kappa shape index (κ3) is 4.39. The number of hydrogen-bond donors (Lipinski definition) is 0.